The van der Waals surface area contributed by atoms with E-state index in [-0.39, 0.29) is 12.7 Å². The number of ether oxygens (including phenoxy) is 1. The lowest BCUT2D eigenvalue weighted by Crippen LogP contribution is -2.25. The number of cyclic esters (lactones) is 1. The van der Waals surface area contributed by atoms with E-state index in [1.165, 1.54) is 0 Å². The van der Waals surface area contributed by atoms with Crippen LogP contribution in [0.2, 0.25) is 0 Å². The fraction of sp³-hybridized carbons (Fsp3) is 0.857. The van der Waals surface area contributed by atoms with E-state index in [0.29, 0.717) is 19.7 Å². The number of hydrogen-bond donors (Lipinski definition) is 1. The van der Waals surface area contributed by atoms with Crippen molar-refractivity contribution in [2.75, 3.05) is 26.3 Å². The van der Waals surface area contributed by atoms with Crippen LogP contribution in [-0.4, -0.2) is 42.4 Å². The van der Waals surface area contributed by atoms with Crippen LogP contribution in [0.1, 0.15) is 12.8 Å². The summed E-state index contributed by atoms with van der Waals surface area (Å²) in [5.74, 6) is 0. The SMILES string of the molecule is O=C1OCCN1CCCCO. The lowest BCUT2D eigenvalue weighted by molar-refractivity contribution is 0.157. The third-order valence-corrected chi connectivity index (χ3v) is 1.68. The van der Waals surface area contributed by atoms with Gasteiger partial charge in [0.2, 0.25) is 0 Å². The van der Waals surface area contributed by atoms with Crippen LogP contribution >= 0.6 is 0 Å². The van der Waals surface area contributed by atoms with E-state index >= 15 is 0 Å². The average Bonchev–Trinajstić information content (AvgIpc) is 2.37. The fourth-order valence-corrected chi connectivity index (χ4v) is 1.04. The van der Waals surface area contributed by atoms with Crippen LogP contribution in [0.15, 0.2) is 0 Å². The fourth-order valence-electron chi connectivity index (χ4n) is 1.04. The number of nitrogens with zero attached hydrogens (tertiary/aromatic N) is 1. The van der Waals surface area contributed by atoms with Crippen molar-refractivity contribution in [1.82, 2.24) is 4.90 Å². The highest BCUT2D eigenvalue weighted by atomic mass is 16.6. The molecule has 0 unspecified atom stereocenters. The van der Waals surface area contributed by atoms with Crippen LogP contribution in [0.25, 0.3) is 0 Å². The topological polar surface area (TPSA) is 49.8 Å². The van der Waals surface area contributed by atoms with E-state index in [1.807, 2.05) is 0 Å². The van der Waals surface area contributed by atoms with Crippen LogP contribution in [0, 0.1) is 0 Å². The van der Waals surface area contributed by atoms with E-state index in [0.717, 1.165) is 12.8 Å². The van der Waals surface area contributed by atoms with Gasteiger partial charge < -0.3 is 14.7 Å². The van der Waals surface area contributed by atoms with Crippen LogP contribution in [0.3, 0.4) is 0 Å². The van der Waals surface area contributed by atoms with Crippen molar-refractivity contribution in [3.05, 3.63) is 0 Å². The Kier molecular flexibility index (Phi) is 3.16. The Labute approximate surface area is 65.8 Å². The molecule has 4 nitrogen and oxygen atoms in total. The lowest BCUT2D eigenvalue weighted by atomic mass is 10.3. The molecule has 0 atom stereocenters. The van der Waals surface area contributed by atoms with Crippen LogP contribution in [0.5, 0.6) is 0 Å². The second-order valence-electron chi connectivity index (χ2n) is 2.53. The van der Waals surface area contributed by atoms with Crippen LogP contribution < -0.4 is 0 Å². The molecule has 0 saturated carbocycles. The summed E-state index contributed by atoms with van der Waals surface area (Å²) >= 11 is 0. The summed E-state index contributed by atoms with van der Waals surface area (Å²) in [6.45, 7) is 2.12. The lowest BCUT2D eigenvalue weighted by Gasteiger charge is -2.10. The first-order valence-corrected chi connectivity index (χ1v) is 3.87. The first kappa shape index (κ1) is 8.33. The van der Waals surface area contributed by atoms with Gasteiger partial charge in [0.05, 0.1) is 6.54 Å². The standard InChI is InChI=1S/C7H13NO3/c9-5-2-1-3-8-4-6-11-7(8)10/h9H,1-6H2. The summed E-state index contributed by atoms with van der Waals surface area (Å²) in [6.07, 6.45) is 1.39. The van der Waals surface area contributed by atoms with E-state index in [4.69, 9.17) is 9.84 Å². The zero-order chi connectivity index (χ0) is 8.10. The number of aliphatic hydroxyl groups is 1. The van der Waals surface area contributed by atoms with Gasteiger partial charge in [0.25, 0.3) is 0 Å². The molecular formula is C7H13NO3. The van der Waals surface area contributed by atoms with Gasteiger partial charge in [-0.25, -0.2) is 4.79 Å². The highest BCUT2D eigenvalue weighted by molar-refractivity contribution is 5.69. The highest BCUT2D eigenvalue weighted by Crippen LogP contribution is 2.04. The highest BCUT2D eigenvalue weighted by Gasteiger charge is 2.20. The number of rotatable bonds is 4. The summed E-state index contributed by atoms with van der Waals surface area (Å²) in [6, 6.07) is 0. The Morgan fingerprint density at radius 1 is 1.55 bits per heavy atom. The Bertz CT molecular complexity index is 138. The molecule has 0 aromatic heterocycles. The minimum Gasteiger partial charge on any atom is -0.448 e. The Balaban J connectivity index is 2.10. The van der Waals surface area contributed by atoms with Gasteiger partial charge in [-0.15, -0.1) is 0 Å². The van der Waals surface area contributed by atoms with Crippen molar-refractivity contribution in [3.8, 4) is 0 Å². The molecule has 0 radical (unpaired) electrons. The van der Waals surface area contributed by atoms with Crippen LogP contribution in [-0.2, 0) is 4.74 Å². The first-order chi connectivity index (χ1) is 5.34. The molecule has 1 fully saturated rings. The molecule has 4 heteroatoms. The third-order valence-electron chi connectivity index (χ3n) is 1.68. The summed E-state index contributed by atoms with van der Waals surface area (Å²) in [5.41, 5.74) is 0. The Morgan fingerprint density at radius 3 is 2.91 bits per heavy atom. The number of carbonyl (C=O) groups excluding carboxylic acids is 1. The second-order valence-corrected chi connectivity index (χ2v) is 2.53. The number of hydrogen-bond acceptors (Lipinski definition) is 3. The molecule has 0 aromatic carbocycles. The Hall–Kier alpha value is -0.770. The maximum absolute atomic E-state index is 10.8. The van der Waals surface area contributed by atoms with E-state index in [1.54, 1.807) is 4.90 Å². The zero-order valence-electron chi connectivity index (χ0n) is 6.45. The zero-order valence-corrected chi connectivity index (χ0v) is 6.45. The molecule has 0 aromatic rings. The van der Waals surface area contributed by atoms with Gasteiger partial charge in [0.1, 0.15) is 6.61 Å². The summed E-state index contributed by atoms with van der Waals surface area (Å²) < 4.78 is 4.72. The van der Waals surface area contributed by atoms with E-state index in [9.17, 15) is 4.79 Å². The molecule has 1 N–H and O–H groups in total. The van der Waals surface area contributed by atoms with Crippen molar-refractivity contribution in [2.24, 2.45) is 0 Å². The molecule has 1 rings (SSSR count). The van der Waals surface area contributed by atoms with Crippen molar-refractivity contribution in [1.29, 1.82) is 0 Å². The molecule has 1 aliphatic heterocycles. The summed E-state index contributed by atoms with van der Waals surface area (Å²) in [7, 11) is 0. The first-order valence-electron chi connectivity index (χ1n) is 3.87. The van der Waals surface area contributed by atoms with Crippen molar-refractivity contribution >= 4 is 6.09 Å². The minimum atomic E-state index is -0.220. The van der Waals surface area contributed by atoms with Crippen molar-refractivity contribution in [2.45, 2.75) is 12.8 Å². The number of carbonyl (C=O) groups is 1. The minimum absolute atomic E-state index is 0.197. The van der Waals surface area contributed by atoms with Crippen molar-refractivity contribution in [3.63, 3.8) is 0 Å². The normalized spacial score (nSPS) is 17.2. The monoisotopic (exact) mass is 159 g/mol. The molecule has 64 valence electrons. The molecule has 1 heterocycles. The molecule has 1 aliphatic rings. The van der Waals surface area contributed by atoms with Crippen LogP contribution in [0.4, 0.5) is 4.79 Å². The van der Waals surface area contributed by atoms with Gasteiger partial charge in [0, 0.05) is 13.2 Å². The van der Waals surface area contributed by atoms with Gasteiger partial charge in [-0.3, -0.25) is 0 Å². The summed E-state index contributed by atoms with van der Waals surface area (Å²) in [4.78, 5) is 12.5. The molecule has 1 saturated heterocycles. The maximum Gasteiger partial charge on any atom is 0.409 e. The predicted octanol–water partition coefficient (Wildman–Crippen LogP) is 0.211. The molecule has 11 heavy (non-hydrogen) atoms. The van der Waals surface area contributed by atoms with E-state index < -0.39 is 0 Å². The second kappa shape index (κ2) is 4.18. The van der Waals surface area contributed by atoms with Gasteiger partial charge >= 0.3 is 6.09 Å². The number of amides is 1. The van der Waals surface area contributed by atoms with Gasteiger partial charge in [-0.1, -0.05) is 0 Å². The van der Waals surface area contributed by atoms with Gasteiger partial charge in [-0.05, 0) is 12.8 Å². The molecule has 0 bridgehead atoms. The maximum atomic E-state index is 10.8. The molecule has 1 amide bonds. The van der Waals surface area contributed by atoms with Gasteiger partial charge in [-0.2, -0.15) is 0 Å². The number of aliphatic hydroxyl groups excluding tert-OH is 1. The molecular weight excluding hydrogens is 146 g/mol. The van der Waals surface area contributed by atoms with Gasteiger partial charge in [0.15, 0.2) is 0 Å². The third kappa shape index (κ3) is 2.38. The molecule has 0 spiro atoms. The largest absolute Gasteiger partial charge is 0.448 e. The predicted molar refractivity (Wildman–Crippen MR) is 39.2 cm³/mol. The van der Waals surface area contributed by atoms with E-state index in [2.05, 4.69) is 0 Å². The molecule has 0 aliphatic carbocycles. The Morgan fingerprint density at radius 2 is 2.36 bits per heavy atom. The number of unbranched alkanes of at least 4 members (excludes halogenated alkanes) is 1. The van der Waals surface area contributed by atoms with Crippen molar-refractivity contribution < 1.29 is 14.6 Å². The summed E-state index contributed by atoms with van der Waals surface area (Å²) in [5, 5.41) is 8.47. The smallest absolute Gasteiger partial charge is 0.409 e. The quantitative estimate of drug-likeness (QED) is 0.596. The average molecular weight is 159 g/mol.